The molecule has 1 aliphatic rings. The Morgan fingerprint density at radius 2 is 2.04 bits per heavy atom. The molecule has 122 valence electrons. The Morgan fingerprint density at radius 1 is 1.35 bits per heavy atom. The van der Waals surface area contributed by atoms with Crippen molar-refractivity contribution in [2.24, 2.45) is 5.92 Å². The van der Waals surface area contributed by atoms with Crippen molar-refractivity contribution in [3.05, 3.63) is 40.8 Å². The topological polar surface area (TPSA) is 46.6 Å². The van der Waals surface area contributed by atoms with Crippen LogP contribution in [0.25, 0.3) is 6.08 Å². The van der Waals surface area contributed by atoms with Crippen LogP contribution in [-0.4, -0.2) is 34.2 Å². The van der Waals surface area contributed by atoms with Crippen molar-refractivity contribution >= 4 is 46.3 Å². The third kappa shape index (κ3) is 5.18. The predicted molar refractivity (Wildman–Crippen MR) is 96.7 cm³/mol. The third-order valence-corrected chi connectivity index (χ3v) is 4.47. The lowest BCUT2D eigenvalue weighted by molar-refractivity contribution is -0.145. The Labute approximate surface area is 145 Å². The number of esters is 1. The zero-order valence-electron chi connectivity index (χ0n) is 13.2. The molecule has 0 unspecified atom stereocenters. The molecule has 1 amide bonds. The number of benzene rings is 1. The van der Waals surface area contributed by atoms with Crippen LogP contribution in [0.4, 0.5) is 0 Å². The normalized spacial score (nSPS) is 16.5. The average Bonchev–Trinajstić information content (AvgIpc) is 2.78. The van der Waals surface area contributed by atoms with Crippen LogP contribution in [0.15, 0.2) is 35.2 Å². The van der Waals surface area contributed by atoms with Gasteiger partial charge in [0, 0.05) is 6.54 Å². The fourth-order valence-corrected chi connectivity index (χ4v) is 3.24. The summed E-state index contributed by atoms with van der Waals surface area (Å²) < 4.78 is 5.60. The SMILES string of the molecule is CC(C)COC(=O)CCN1C(=O)C(=Cc2ccccc2)SC1=S. The van der Waals surface area contributed by atoms with E-state index >= 15 is 0 Å². The molecule has 1 aromatic rings. The van der Waals surface area contributed by atoms with Crippen molar-refractivity contribution < 1.29 is 14.3 Å². The lowest BCUT2D eigenvalue weighted by Crippen LogP contribution is -2.30. The Balaban J connectivity index is 1.94. The predicted octanol–water partition coefficient (Wildman–Crippen LogP) is 3.48. The van der Waals surface area contributed by atoms with Crippen LogP contribution in [-0.2, 0) is 14.3 Å². The van der Waals surface area contributed by atoms with Gasteiger partial charge in [0.25, 0.3) is 5.91 Å². The summed E-state index contributed by atoms with van der Waals surface area (Å²) in [5.74, 6) is -0.162. The summed E-state index contributed by atoms with van der Waals surface area (Å²) in [7, 11) is 0. The van der Waals surface area contributed by atoms with Gasteiger partial charge in [-0.15, -0.1) is 0 Å². The number of thioether (sulfide) groups is 1. The highest BCUT2D eigenvalue weighted by molar-refractivity contribution is 8.26. The highest BCUT2D eigenvalue weighted by atomic mass is 32.2. The monoisotopic (exact) mass is 349 g/mol. The van der Waals surface area contributed by atoms with Gasteiger partial charge >= 0.3 is 5.97 Å². The molecule has 6 heteroatoms. The standard InChI is InChI=1S/C17H19NO3S2/c1-12(2)11-21-15(19)8-9-18-16(20)14(23-17(18)22)10-13-6-4-3-5-7-13/h3-7,10,12H,8-9,11H2,1-2H3. The molecule has 2 rings (SSSR count). The molecule has 0 atom stereocenters. The minimum atomic E-state index is -0.306. The minimum absolute atomic E-state index is 0.151. The Morgan fingerprint density at radius 3 is 2.70 bits per heavy atom. The van der Waals surface area contributed by atoms with Crippen LogP contribution in [0.2, 0.25) is 0 Å². The number of carbonyl (C=O) groups excluding carboxylic acids is 2. The first kappa shape index (κ1) is 17.7. The van der Waals surface area contributed by atoms with Gasteiger partial charge in [-0.3, -0.25) is 14.5 Å². The van der Waals surface area contributed by atoms with E-state index in [1.54, 1.807) is 0 Å². The maximum Gasteiger partial charge on any atom is 0.307 e. The van der Waals surface area contributed by atoms with Gasteiger partial charge in [-0.25, -0.2) is 0 Å². The lowest BCUT2D eigenvalue weighted by atomic mass is 10.2. The molecule has 0 aliphatic carbocycles. The van der Waals surface area contributed by atoms with E-state index in [0.717, 1.165) is 5.56 Å². The van der Waals surface area contributed by atoms with E-state index in [4.69, 9.17) is 17.0 Å². The zero-order chi connectivity index (χ0) is 16.8. The van der Waals surface area contributed by atoms with Crippen LogP contribution >= 0.6 is 24.0 Å². The molecule has 0 spiro atoms. The summed E-state index contributed by atoms with van der Waals surface area (Å²) in [5, 5.41) is 0. The van der Waals surface area contributed by atoms with E-state index in [-0.39, 0.29) is 24.8 Å². The largest absolute Gasteiger partial charge is 0.465 e. The van der Waals surface area contributed by atoms with Gasteiger partial charge in [-0.1, -0.05) is 68.2 Å². The van der Waals surface area contributed by atoms with Gasteiger partial charge in [-0.2, -0.15) is 0 Å². The fraction of sp³-hybridized carbons (Fsp3) is 0.353. The number of carbonyl (C=O) groups is 2. The number of thiocarbonyl (C=S) groups is 1. The summed E-state index contributed by atoms with van der Waals surface area (Å²) >= 11 is 6.51. The molecule has 0 radical (unpaired) electrons. The van der Waals surface area contributed by atoms with Crippen LogP contribution in [0, 0.1) is 5.92 Å². The number of nitrogens with zero attached hydrogens (tertiary/aromatic N) is 1. The summed E-state index contributed by atoms with van der Waals surface area (Å²) in [4.78, 5) is 26.1. The van der Waals surface area contributed by atoms with Crippen molar-refractivity contribution in [1.82, 2.24) is 4.90 Å². The van der Waals surface area contributed by atoms with E-state index < -0.39 is 0 Å². The lowest BCUT2D eigenvalue weighted by Gasteiger charge is -2.14. The number of rotatable bonds is 6. The zero-order valence-corrected chi connectivity index (χ0v) is 14.8. The summed E-state index contributed by atoms with van der Waals surface area (Å²) in [5.41, 5.74) is 0.948. The molecule has 0 bridgehead atoms. The summed E-state index contributed by atoms with van der Waals surface area (Å²) in [6.45, 7) is 4.60. The summed E-state index contributed by atoms with van der Waals surface area (Å²) in [6.07, 6.45) is 1.97. The second-order valence-corrected chi connectivity index (χ2v) is 7.25. The van der Waals surface area contributed by atoms with Crippen molar-refractivity contribution in [3.8, 4) is 0 Å². The van der Waals surface area contributed by atoms with E-state index in [2.05, 4.69) is 0 Å². The van der Waals surface area contributed by atoms with Crippen molar-refractivity contribution in [2.75, 3.05) is 13.2 Å². The molecule has 1 aliphatic heterocycles. The number of hydrogen-bond donors (Lipinski definition) is 0. The van der Waals surface area contributed by atoms with Gasteiger partial charge < -0.3 is 4.74 Å². The molecule has 0 N–H and O–H groups in total. The smallest absolute Gasteiger partial charge is 0.307 e. The third-order valence-electron chi connectivity index (χ3n) is 3.09. The van der Waals surface area contributed by atoms with E-state index in [0.29, 0.717) is 21.8 Å². The molecule has 1 fully saturated rings. The molecule has 1 aromatic carbocycles. The molecule has 23 heavy (non-hydrogen) atoms. The first-order valence-electron chi connectivity index (χ1n) is 7.43. The van der Waals surface area contributed by atoms with Crippen molar-refractivity contribution in [2.45, 2.75) is 20.3 Å². The van der Waals surface area contributed by atoms with Gasteiger partial charge in [0.2, 0.25) is 0 Å². The first-order valence-corrected chi connectivity index (χ1v) is 8.66. The second kappa shape index (κ2) is 8.26. The molecule has 0 aromatic heterocycles. The van der Waals surface area contributed by atoms with Gasteiger partial charge in [0.05, 0.1) is 17.9 Å². The van der Waals surface area contributed by atoms with E-state index in [9.17, 15) is 9.59 Å². The maximum absolute atomic E-state index is 12.4. The highest BCUT2D eigenvalue weighted by Crippen LogP contribution is 2.32. The van der Waals surface area contributed by atoms with E-state index in [1.165, 1.54) is 16.7 Å². The average molecular weight is 349 g/mol. The Kier molecular flexibility index (Phi) is 6.36. The molecular formula is C17H19NO3S2. The Hall–Kier alpha value is -1.66. The fourth-order valence-electron chi connectivity index (χ4n) is 1.93. The van der Waals surface area contributed by atoms with Crippen LogP contribution in [0.5, 0.6) is 0 Å². The first-order chi connectivity index (χ1) is 11.0. The van der Waals surface area contributed by atoms with Crippen LogP contribution < -0.4 is 0 Å². The van der Waals surface area contributed by atoms with Crippen molar-refractivity contribution in [3.63, 3.8) is 0 Å². The molecule has 0 saturated carbocycles. The number of hydrogen-bond acceptors (Lipinski definition) is 5. The van der Waals surface area contributed by atoms with Gasteiger partial charge in [0.1, 0.15) is 4.32 Å². The maximum atomic E-state index is 12.4. The molecular weight excluding hydrogens is 330 g/mol. The van der Waals surface area contributed by atoms with Crippen LogP contribution in [0.3, 0.4) is 0 Å². The van der Waals surface area contributed by atoms with E-state index in [1.807, 2.05) is 50.3 Å². The molecule has 4 nitrogen and oxygen atoms in total. The molecule has 1 heterocycles. The summed E-state index contributed by atoms with van der Waals surface area (Å²) in [6, 6.07) is 9.60. The van der Waals surface area contributed by atoms with Gasteiger partial charge in [-0.05, 0) is 17.6 Å². The quantitative estimate of drug-likeness (QED) is 0.447. The number of amides is 1. The van der Waals surface area contributed by atoms with Crippen LogP contribution in [0.1, 0.15) is 25.8 Å². The highest BCUT2D eigenvalue weighted by Gasteiger charge is 2.32. The Bertz CT molecular complexity index is 626. The van der Waals surface area contributed by atoms with Gasteiger partial charge in [0.15, 0.2) is 0 Å². The van der Waals surface area contributed by atoms with Crippen molar-refractivity contribution in [1.29, 1.82) is 0 Å². The minimum Gasteiger partial charge on any atom is -0.465 e. The second-order valence-electron chi connectivity index (χ2n) is 5.57. The number of ether oxygens (including phenoxy) is 1. The molecule has 1 saturated heterocycles.